The summed E-state index contributed by atoms with van der Waals surface area (Å²) >= 11 is 0. The summed E-state index contributed by atoms with van der Waals surface area (Å²) in [6.07, 6.45) is 5.52. The molecule has 0 N–H and O–H groups in total. The molecule has 2 fully saturated rings. The molecule has 1 atom stereocenters. The van der Waals surface area contributed by atoms with E-state index in [2.05, 4.69) is 28.7 Å². The first-order chi connectivity index (χ1) is 10.9. The first-order valence-corrected chi connectivity index (χ1v) is 8.41. The lowest BCUT2D eigenvalue weighted by Crippen LogP contribution is -2.42. The fourth-order valence-corrected chi connectivity index (χ4v) is 3.39. The van der Waals surface area contributed by atoms with E-state index in [-0.39, 0.29) is 11.6 Å². The Bertz CT molecular complexity index is 570. The van der Waals surface area contributed by atoms with E-state index in [1.165, 1.54) is 6.42 Å². The van der Waals surface area contributed by atoms with Crippen molar-refractivity contribution in [3.63, 3.8) is 0 Å². The number of nitrogens with zero attached hydrogens (tertiary/aromatic N) is 4. The molecule has 0 spiro atoms. The van der Waals surface area contributed by atoms with Crippen molar-refractivity contribution in [2.75, 3.05) is 24.6 Å². The number of carbonyl (C=O) groups is 1. The van der Waals surface area contributed by atoms with Gasteiger partial charge in [0.05, 0.1) is 23.6 Å². The number of likely N-dealkylation sites (tertiary alicyclic amines) is 1. The van der Waals surface area contributed by atoms with E-state index in [1.54, 1.807) is 11.1 Å². The molecule has 0 radical (unpaired) electrons. The highest BCUT2D eigenvalue weighted by atomic mass is 16.6. The molecule has 0 unspecified atom stereocenters. The Balaban J connectivity index is 1.76. The van der Waals surface area contributed by atoms with E-state index in [1.807, 2.05) is 20.0 Å². The Morgan fingerprint density at radius 1 is 1.30 bits per heavy atom. The third-order valence-corrected chi connectivity index (χ3v) is 4.83. The largest absolute Gasteiger partial charge is 0.447 e. The lowest BCUT2D eigenvalue weighted by Gasteiger charge is -2.35. The standard InChI is InChI=1S/C17H26N4O2/c1-12(2)20-7-5-6-13(10-20)14-8-19-15(9-18-14)21-16(22)23-11-17(21,3)4/h8-9,12-13H,5-7,10-11H2,1-4H3/t13-/m1/s1. The van der Waals surface area contributed by atoms with Gasteiger partial charge in [0.15, 0.2) is 5.82 Å². The van der Waals surface area contributed by atoms with Crippen LogP contribution in [0.15, 0.2) is 12.4 Å². The van der Waals surface area contributed by atoms with Crippen molar-refractivity contribution >= 4 is 11.9 Å². The van der Waals surface area contributed by atoms with E-state index < -0.39 is 0 Å². The lowest BCUT2D eigenvalue weighted by molar-refractivity contribution is 0.166. The van der Waals surface area contributed by atoms with E-state index >= 15 is 0 Å². The monoisotopic (exact) mass is 318 g/mol. The molecule has 23 heavy (non-hydrogen) atoms. The number of aromatic nitrogens is 2. The van der Waals surface area contributed by atoms with Crippen LogP contribution in [0.3, 0.4) is 0 Å². The van der Waals surface area contributed by atoms with Crippen molar-refractivity contribution in [2.24, 2.45) is 0 Å². The van der Waals surface area contributed by atoms with Crippen LogP contribution in [0.5, 0.6) is 0 Å². The molecule has 3 rings (SSSR count). The number of carbonyl (C=O) groups excluding carboxylic acids is 1. The maximum absolute atomic E-state index is 11.9. The van der Waals surface area contributed by atoms with Gasteiger partial charge in [0.25, 0.3) is 0 Å². The molecule has 2 aliphatic heterocycles. The minimum absolute atomic E-state index is 0.347. The Hall–Kier alpha value is -1.69. The molecule has 2 aliphatic rings. The summed E-state index contributed by atoms with van der Waals surface area (Å²) in [5.41, 5.74) is 0.636. The zero-order valence-corrected chi connectivity index (χ0v) is 14.5. The molecule has 1 amide bonds. The highest BCUT2D eigenvalue weighted by molar-refractivity contribution is 5.89. The summed E-state index contributed by atoms with van der Waals surface area (Å²) in [6.45, 7) is 11.0. The van der Waals surface area contributed by atoms with E-state index in [0.717, 1.165) is 25.2 Å². The number of piperidine rings is 1. The van der Waals surface area contributed by atoms with Gasteiger partial charge in [0.1, 0.15) is 6.61 Å². The second-order valence-electron chi connectivity index (χ2n) is 7.43. The number of rotatable bonds is 3. The van der Waals surface area contributed by atoms with Crippen molar-refractivity contribution in [2.45, 2.75) is 58.0 Å². The normalized spacial score (nSPS) is 25.0. The van der Waals surface area contributed by atoms with Crippen LogP contribution < -0.4 is 4.90 Å². The maximum Gasteiger partial charge on any atom is 0.416 e. The Morgan fingerprint density at radius 2 is 2.09 bits per heavy atom. The van der Waals surface area contributed by atoms with Crippen LogP contribution in [0.1, 0.15) is 52.1 Å². The van der Waals surface area contributed by atoms with Gasteiger partial charge in [-0.05, 0) is 47.1 Å². The SMILES string of the molecule is CC(C)N1CCC[C@@H](c2cnc(N3C(=O)OCC3(C)C)cn2)C1. The minimum Gasteiger partial charge on any atom is -0.447 e. The van der Waals surface area contributed by atoms with Gasteiger partial charge in [-0.1, -0.05) is 0 Å². The number of anilines is 1. The molecule has 1 aromatic heterocycles. The first-order valence-electron chi connectivity index (χ1n) is 8.41. The summed E-state index contributed by atoms with van der Waals surface area (Å²) in [5, 5.41) is 0. The molecule has 1 aromatic rings. The van der Waals surface area contributed by atoms with E-state index in [9.17, 15) is 4.79 Å². The summed E-state index contributed by atoms with van der Waals surface area (Å²) < 4.78 is 5.13. The second-order valence-corrected chi connectivity index (χ2v) is 7.43. The van der Waals surface area contributed by atoms with Crippen molar-refractivity contribution in [1.29, 1.82) is 0 Å². The molecular weight excluding hydrogens is 292 g/mol. The van der Waals surface area contributed by atoms with Crippen LogP contribution >= 0.6 is 0 Å². The van der Waals surface area contributed by atoms with E-state index in [0.29, 0.717) is 24.4 Å². The quantitative estimate of drug-likeness (QED) is 0.857. The molecule has 0 saturated carbocycles. The molecule has 0 bridgehead atoms. The predicted octanol–water partition coefficient (Wildman–Crippen LogP) is 2.80. The predicted molar refractivity (Wildman–Crippen MR) is 88.6 cm³/mol. The fourth-order valence-electron chi connectivity index (χ4n) is 3.39. The van der Waals surface area contributed by atoms with Gasteiger partial charge in [0.2, 0.25) is 0 Å². The van der Waals surface area contributed by atoms with Crippen molar-refractivity contribution in [1.82, 2.24) is 14.9 Å². The molecule has 6 heteroatoms. The average Bonchev–Trinajstić information content (AvgIpc) is 2.81. The lowest BCUT2D eigenvalue weighted by atomic mass is 9.94. The Kier molecular flexibility index (Phi) is 4.27. The number of hydrogen-bond acceptors (Lipinski definition) is 5. The first kappa shape index (κ1) is 16.2. The fraction of sp³-hybridized carbons (Fsp3) is 0.706. The van der Waals surface area contributed by atoms with Crippen molar-refractivity contribution in [3.05, 3.63) is 18.1 Å². The number of cyclic esters (lactones) is 1. The van der Waals surface area contributed by atoms with Crippen LogP contribution in [0, 0.1) is 0 Å². The van der Waals surface area contributed by atoms with Crippen LogP contribution in [-0.4, -0.2) is 52.2 Å². The highest BCUT2D eigenvalue weighted by Crippen LogP contribution is 2.30. The number of hydrogen-bond donors (Lipinski definition) is 0. The summed E-state index contributed by atoms with van der Waals surface area (Å²) in [4.78, 5) is 25.1. The third kappa shape index (κ3) is 3.17. The Morgan fingerprint density at radius 3 is 2.65 bits per heavy atom. The zero-order chi connectivity index (χ0) is 16.6. The van der Waals surface area contributed by atoms with Crippen LogP contribution in [-0.2, 0) is 4.74 Å². The Labute approximate surface area is 137 Å². The van der Waals surface area contributed by atoms with Gasteiger partial charge in [0, 0.05) is 18.5 Å². The van der Waals surface area contributed by atoms with Gasteiger partial charge in [-0.2, -0.15) is 0 Å². The van der Waals surface area contributed by atoms with E-state index in [4.69, 9.17) is 4.74 Å². The van der Waals surface area contributed by atoms with Crippen molar-refractivity contribution < 1.29 is 9.53 Å². The van der Waals surface area contributed by atoms with Crippen LogP contribution in [0.4, 0.5) is 10.6 Å². The topological polar surface area (TPSA) is 58.6 Å². The van der Waals surface area contributed by atoms with Gasteiger partial charge in [-0.25, -0.2) is 9.78 Å². The van der Waals surface area contributed by atoms with Crippen LogP contribution in [0.25, 0.3) is 0 Å². The molecule has 0 aliphatic carbocycles. The summed E-state index contributed by atoms with van der Waals surface area (Å²) in [5.74, 6) is 0.990. The van der Waals surface area contributed by atoms with Gasteiger partial charge >= 0.3 is 6.09 Å². The number of ether oxygens (including phenoxy) is 1. The molecule has 6 nitrogen and oxygen atoms in total. The smallest absolute Gasteiger partial charge is 0.416 e. The summed E-state index contributed by atoms with van der Waals surface area (Å²) in [7, 11) is 0. The molecule has 0 aromatic carbocycles. The maximum atomic E-state index is 11.9. The third-order valence-electron chi connectivity index (χ3n) is 4.83. The summed E-state index contributed by atoms with van der Waals surface area (Å²) in [6, 6.07) is 0.560. The average molecular weight is 318 g/mol. The zero-order valence-electron chi connectivity index (χ0n) is 14.5. The molecular formula is C17H26N4O2. The van der Waals surface area contributed by atoms with Gasteiger partial charge in [-0.3, -0.25) is 9.88 Å². The number of amides is 1. The van der Waals surface area contributed by atoms with Crippen LogP contribution in [0.2, 0.25) is 0 Å². The molecule has 3 heterocycles. The van der Waals surface area contributed by atoms with Crippen molar-refractivity contribution in [3.8, 4) is 0 Å². The van der Waals surface area contributed by atoms with Gasteiger partial charge in [-0.15, -0.1) is 0 Å². The highest BCUT2D eigenvalue weighted by Gasteiger charge is 2.42. The second kappa shape index (κ2) is 6.07. The minimum atomic E-state index is -0.382. The van der Waals surface area contributed by atoms with Gasteiger partial charge < -0.3 is 9.64 Å². The molecule has 2 saturated heterocycles. The molecule has 126 valence electrons.